The van der Waals surface area contributed by atoms with Crippen molar-refractivity contribution in [1.29, 1.82) is 0 Å². The van der Waals surface area contributed by atoms with Crippen LogP contribution in [0.15, 0.2) is 59.1 Å². The number of nitrogens with zero attached hydrogens (tertiary/aromatic N) is 2. The fourth-order valence-corrected chi connectivity index (χ4v) is 4.49. The third-order valence-electron chi connectivity index (χ3n) is 4.59. The lowest BCUT2D eigenvalue weighted by Gasteiger charge is -2.32. The summed E-state index contributed by atoms with van der Waals surface area (Å²) >= 11 is 3.35. The minimum absolute atomic E-state index is 0.0866. The number of amides is 2. The van der Waals surface area contributed by atoms with Crippen LogP contribution in [0, 0.1) is 0 Å². The summed E-state index contributed by atoms with van der Waals surface area (Å²) in [7, 11) is -3.75. The van der Waals surface area contributed by atoms with Gasteiger partial charge in [0.25, 0.3) is 0 Å². The minimum Gasteiger partial charge on any atom is -0.352 e. The van der Waals surface area contributed by atoms with Crippen molar-refractivity contribution in [3.63, 3.8) is 0 Å². The predicted octanol–water partition coefficient (Wildman–Crippen LogP) is 3.16. The standard InChI is InChI=1S/C22H28BrN3O4S/c1-16(2)24-22(28)17(3)25(14-18-10-6-5-7-11-18)21(27)15-26(31(4,29)30)20-13-9-8-12-19(20)23/h5-13,16-17H,14-15H2,1-4H3,(H,24,28)/t17-/m1/s1. The van der Waals surface area contributed by atoms with Gasteiger partial charge in [0.1, 0.15) is 12.6 Å². The summed E-state index contributed by atoms with van der Waals surface area (Å²) in [6.07, 6.45) is 1.05. The molecule has 2 amide bonds. The van der Waals surface area contributed by atoms with Crippen molar-refractivity contribution in [3.05, 3.63) is 64.6 Å². The van der Waals surface area contributed by atoms with Crippen molar-refractivity contribution >= 4 is 43.5 Å². The van der Waals surface area contributed by atoms with E-state index in [1.165, 1.54) is 4.90 Å². The van der Waals surface area contributed by atoms with Crippen molar-refractivity contribution < 1.29 is 18.0 Å². The molecule has 0 aromatic heterocycles. The van der Waals surface area contributed by atoms with Crippen LogP contribution in [0.25, 0.3) is 0 Å². The van der Waals surface area contributed by atoms with Crippen LogP contribution < -0.4 is 9.62 Å². The summed E-state index contributed by atoms with van der Waals surface area (Å²) in [6, 6.07) is 15.2. The van der Waals surface area contributed by atoms with E-state index in [0.717, 1.165) is 16.1 Å². The lowest BCUT2D eigenvalue weighted by molar-refractivity contribution is -0.139. The summed E-state index contributed by atoms with van der Waals surface area (Å²) in [5.74, 6) is -0.775. The van der Waals surface area contributed by atoms with E-state index in [2.05, 4.69) is 21.2 Å². The van der Waals surface area contributed by atoms with Crippen molar-refractivity contribution in [2.24, 2.45) is 0 Å². The van der Waals surface area contributed by atoms with Crippen LogP contribution >= 0.6 is 15.9 Å². The van der Waals surface area contributed by atoms with Crippen molar-refractivity contribution in [2.45, 2.75) is 39.4 Å². The van der Waals surface area contributed by atoms with E-state index in [4.69, 9.17) is 0 Å². The largest absolute Gasteiger partial charge is 0.352 e. The van der Waals surface area contributed by atoms with Gasteiger partial charge in [0.05, 0.1) is 11.9 Å². The van der Waals surface area contributed by atoms with Gasteiger partial charge in [-0.15, -0.1) is 0 Å². The number of hydrogen-bond acceptors (Lipinski definition) is 4. The molecule has 0 unspecified atom stereocenters. The number of halogens is 1. The maximum Gasteiger partial charge on any atom is 0.244 e. The molecule has 31 heavy (non-hydrogen) atoms. The van der Waals surface area contributed by atoms with E-state index in [0.29, 0.717) is 10.2 Å². The van der Waals surface area contributed by atoms with E-state index in [9.17, 15) is 18.0 Å². The molecule has 0 fully saturated rings. The Morgan fingerprint density at radius 3 is 2.13 bits per heavy atom. The second-order valence-electron chi connectivity index (χ2n) is 7.57. The van der Waals surface area contributed by atoms with Crippen molar-refractivity contribution in [3.8, 4) is 0 Å². The van der Waals surface area contributed by atoms with Crippen LogP contribution in [0.4, 0.5) is 5.69 Å². The number of hydrogen-bond donors (Lipinski definition) is 1. The fourth-order valence-electron chi connectivity index (χ4n) is 3.02. The quantitative estimate of drug-likeness (QED) is 0.562. The summed E-state index contributed by atoms with van der Waals surface area (Å²) in [5.41, 5.74) is 1.20. The van der Waals surface area contributed by atoms with Gasteiger partial charge in [0.15, 0.2) is 0 Å². The Balaban J connectivity index is 2.38. The van der Waals surface area contributed by atoms with Gasteiger partial charge in [0, 0.05) is 17.1 Å². The monoisotopic (exact) mass is 509 g/mol. The number of benzene rings is 2. The fraction of sp³-hybridized carbons (Fsp3) is 0.364. The van der Waals surface area contributed by atoms with Gasteiger partial charge in [-0.3, -0.25) is 13.9 Å². The molecule has 2 aromatic carbocycles. The van der Waals surface area contributed by atoms with Gasteiger partial charge >= 0.3 is 0 Å². The van der Waals surface area contributed by atoms with Gasteiger partial charge < -0.3 is 10.2 Å². The SMILES string of the molecule is CC(C)NC(=O)[C@@H](C)N(Cc1ccccc1)C(=O)CN(c1ccccc1Br)S(C)(=O)=O. The van der Waals surface area contributed by atoms with Gasteiger partial charge in [-0.25, -0.2) is 8.42 Å². The van der Waals surface area contributed by atoms with Crippen LogP contribution in [0.1, 0.15) is 26.3 Å². The summed E-state index contributed by atoms with van der Waals surface area (Å²) in [5, 5.41) is 2.82. The van der Waals surface area contributed by atoms with Crippen molar-refractivity contribution in [1.82, 2.24) is 10.2 Å². The first-order chi connectivity index (χ1) is 14.5. The molecule has 2 rings (SSSR count). The van der Waals surface area contributed by atoms with Crippen LogP contribution in [-0.2, 0) is 26.2 Å². The molecule has 1 N–H and O–H groups in total. The number of carbonyl (C=O) groups excluding carboxylic acids is 2. The molecule has 0 spiro atoms. The lowest BCUT2D eigenvalue weighted by Crippen LogP contribution is -2.52. The highest BCUT2D eigenvalue weighted by Gasteiger charge is 2.30. The van der Waals surface area contributed by atoms with Gasteiger partial charge in [-0.2, -0.15) is 0 Å². The first-order valence-electron chi connectivity index (χ1n) is 9.86. The number of sulfonamides is 1. The Bertz CT molecular complexity index is 1010. The van der Waals surface area contributed by atoms with E-state index >= 15 is 0 Å². The van der Waals surface area contributed by atoms with E-state index in [1.807, 2.05) is 44.2 Å². The third-order valence-corrected chi connectivity index (χ3v) is 6.39. The zero-order valence-corrected chi connectivity index (χ0v) is 20.5. The van der Waals surface area contributed by atoms with Gasteiger partial charge in [-0.05, 0) is 54.4 Å². The number of carbonyl (C=O) groups is 2. The smallest absolute Gasteiger partial charge is 0.244 e. The Morgan fingerprint density at radius 2 is 1.58 bits per heavy atom. The molecule has 0 heterocycles. The molecular weight excluding hydrogens is 482 g/mol. The highest BCUT2D eigenvalue weighted by atomic mass is 79.9. The van der Waals surface area contributed by atoms with Gasteiger partial charge in [0.2, 0.25) is 21.8 Å². The molecular formula is C22H28BrN3O4S. The molecule has 0 aliphatic carbocycles. The maximum absolute atomic E-state index is 13.3. The Hall–Kier alpha value is -2.39. The van der Waals surface area contributed by atoms with E-state index in [-0.39, 0.29) is 18.5 Å². The first-order valence-corrected chi connectivity index (χ1v) is 12.5. The number of rotatable bonds is 9. The molecule has 7 nitrogen and oxygen atoms in total. The lowest BCUT2D eigenvalue weighted by atomic mass is 10.1. The number of anilines is 1. The molecule has 1 atom stereocenters. The topological polar surface area (TPSA) is 86.8 Å². The summed E-state index contributed by atoms with van der Waals surface area (Å²) in [4.78, 5) is 27.4. The third kappa shape index (κ3) is 7.07. The van der Waals surface area contributed by atoms with E-state index in [1.54, 1.807) is 31.2 Å². The molecule has 2 aromatic rings. The Morgan fingerprint density at radius 1 is 1.00 bits per heavy atom. The van der Waals surface area contributed by atoms with Crippen LogP contribution in [0.3, 0.4) is 0 Å². The molecule has 9 heteroatoms. The van der Waals surface area contributed by atoms with Crippen LogP contribution in [0.5, 0.6) is 0 Å². The van der Waals surface area contributed by atoms with Crippen LogP contribution in [-0.4, -0.2) is 50.0 Å². The molecule has 168 valence electrons. The second kappa shape index (κ2) is 10.8. The maximum atomic E-state index is 13.3. The Labute approximate surface area is 192 Å². The van der Waals surface area contributed by atoms with Crippen LogP contribution in [0.2, 0.25) is 0 Å². The first kappa shape index (κ1) is 24.9. The second-order valence-corrected chi connectivity index (χ2v) is 10.3. The van der Waals surface area contributed by atoms with Gasteiger partial charge in [-0.1, -0.05) is 42.5 Å². The molecule has 0 radical (unpaired) electrons. The minimum atomic E-state index is -3.75. The molecule has 0 bridgehead atoms. The average Bonchev–Trinajstić information content (AvgIpc) is 2.69. The predicted molar refractivity (Wildman–Crippen MR) is 126 cm³/mol. The Kier molecular flexibility index (Phi) is 8.64. The normalized spacial score (nSPS) is 12.3. The van der Waals surface area contributed by atoms with Crippen molar-refractivity contribution in [2.75, 3.05) is 17.1 Å². The average molecular weight is 510 g/mol. The summed E-state index contributed by atoms with van der Waals surface area (Å²) < 4.78 is 26.6. The number of nitrogens with one attached hydrogen (secondary N) is 1. The summed E-state index contributed by atoms with van der Waals surface area (Å²) in [6.45, 7) is 5.08. The number of para-hydroxylation sites is 1. The van der Waals surface area contributed by atoms with E-state index < -0.39 is 28.5 Å². The molecule has 0 aliphatic rings. The highest BCUT2D eigenvalue weighted by molar-refractivity contribution is 9.10. The highest BCUT2D eigenvalue weighted by Crippen LogP contribution is 2.28. The zero-order chi connectivity index (χ0) is 23.2. The zero-order valence-electron chi connectivity index (χ0n) is 18.1. The molecule has 0 aliphatic heterocycles. The molecule has 0 saturated carbocycles. The molecule has 0 saturated heterocycles.